The average Bonchev–Trinajstić information content (AvgIpc) is 2.66. The van der Waals surface area contributed by atoms with Gasteiger partial charge in [-0.1, -0.05) is 20.8 Å². The summed E-state index contributed by atoms with van der Waals surface area (Å²) in [5.41, 5.74) is 0.156. The van der Waals surface area contributed by atoms with Gasteiger partial charge in [0, 0.05) is 18.5 Å². The number of aromatic nitrogens is 3. The van der Waals surface area contributed by atoms with Gasteiger partial charge in [0.2, 0.25) is 0 Å². The summed E-state index contributed by atoms with van der Waals surface area (Å²) >= 11 is 0. The number of hydrogen-bond acceptors (Lipinski definition) is 3. The predicted molar refractivity (Wildman–Crippen MR) is 64.3 cm³/mol. The number of rotatable bonds is 3. The van der Waals surface area contributed by atoms with Crippen molar-refractivity contribution in [3.63, 3.8) is 0 Å². The molecule has 0 spiro atoms. The molecule has 1 atom stereocenters. The first-order valence-electron chi connectivity index (χ1n) is 6.21. The maximum Gasteiger partial charge on any atom is 0.140 e. The van der Waals surface area contributed by atoms with Crippen molar-refractivity contribution in [1.82, 2.24) is 20.1 Å². The van der Waals surface area contributed by atoms with Crippen LogP contribution in [0.3, 0.4) is 0 Å². The van der Waals surface area contributed by atoms with E-state index in [4.69, 9.17) is 0 Å². The van der Waals surface area contributed by atoms with Crippen LogP contribution in [-0.4, -0.2) is 27.9 Å². The summed E-state index contributed by atoms with van der Waals surface area (Å²) in [6.07, 6.45) is 4.30. The van der Waals surface area contributed by atoms with Gasteiger partial charge in [0.05, 0.1) is 0 Å². The molecule has 1 aliphatic rings. The monoisotopic (exact) mass is 222 g/mol. The standard InChI is InChI=1S/C12H22N4/c1-10(2)7-16-9-14-15-11(16)12(3)5-4-6-13-8-12/h9-10,13H,4-8H2,1-3H3. The molecule has 1 unspecified atom stereocenters. The van der Waals surface area contributed by atoms with Gasteiger partial charge in [-0.2, -0.15) is 0 Å². The van der Waals surface area contributed by atoms with Gasteiger partial charge >= 0.3 is 0 Å². The highest BCUT2D eigenvalue weighted by molar-refractivity contribution is 5.09. The quantitative estimate of drug-likeness (QED) is 0.844. The minimum absolute atomic E-state index is 0.156. The Kier molecular flexibility index (Phi) is 3.28. The van der Waals surface area contributed by atoms with E-state index in [0.717, 1.165) is 25.5 Å². The van der Waals surface area contributed by atoms with E-state index < -0.39 is 0 Å². The SMILES string of the molecule is CC(C)Cn1cnnc1C1(C)CCCNC1. The molecule has 0 aromatic carbocycles. The van der Waals surface area contributed by atoms with Gasteiger partial charge in [-0.25, -0.2) is 0 Å². The molecule has 90 valence electrons. The maximum atomic E-state index is 4.34. The van der Waals surface area contributed by atoms with Crippen molar-refractivity contribution >= 4 is 0 Å². The molecule has 2 rings (SSSR count). The second kappa shape index (κ2) is 4.53. The third-order valence-electron chi connectivity index (χ3n) is 3.31. The Labute approximate surface area is 97.5 Å². The molecule has 0 saturated carbocycles. The largest absolute Gasteiger partial charge is 0.317 e. The molecule has 4 heteroatoms. The first kappa shape index (κ1) is 11.6. The van der Waals surface area contributed by atoms with Crippen LogP contribution in [0.1, 0.15) is 39.4 Å². The third-order valence-corrected chi connectivity index (χ3v) is 3.31. The highest BCUT2D eigenvalue weighted by Crippen LogP contribution is 2.29. The van der Waals surface area contributed by atoms with Crippen LogP contribution in [0.25, 0.3) is 0 Å². The van der Waals surface area contributed by atoms with Crippen molar-refractivity contribution in [2.45, 2.75) is 45.6 Å². The first-order valence-corrected chi connectivity index (χ1v) is 6.21. The van der Waals surface area contributed by atoms with Crippen molar-refractivity contribution in [3.05, 3.63) is 12.2 Å². The lowest BCUT2D eigenvalue weighted by molar-refractivity contribution is 0.307. The second-order valence-corrected chi connectivity index (χ2v) is 5.54. The van der Waals surface area contributed by atoms with E-state index in [1.807, 2.05) is 6.33 Å². The highest BCUT2D eigenvalue weighted by atomic mass is 15.3. The van der Waals surface area contributed by atoms with Crippen LogP contribution in [0, 0.1) is 5.92 Å². The Bertz CT molecular complexity index is 337. The van der Waals surface area contributed by atoms with Crippen molar-refractivity contribution in [3.8, 4) is 0 Å². The Hall–Kier alpha value is -0.900. The smallest absolute Gasteiger partial charge is 0.140 e. The lowest BCUT2D eigenvalue weighted by Gasteiger charge is -2.33. The predicted octanol–water partition coefficient (Wildman–Crippen LogP) is 1.58. The minimum atomic E-state index is 0.156. The molecule has 1 aromatic heterocycles. The second-order valence-electron chi connectivity index (χ2n) is 5.54. The van der Waals surface area contributed by atoms with E-state index in [0.29, 0.717) is 5.92 Å². The first-order chi connectivity index (χ1) is 7.62. The Morgan fingerprint density at radius 3 is 3.00 bits per heavy atom. The third kappa shape index (κ3) is 2.26. The molecule has 1 aromatic rings. The van der Waals surface area contributed by atoms with Gasteiger partial charge in [0.15, 0.2) is 0 Å². The van der Waals surface area contributed by atoms with E-state index >= 15 is 0 Å². The fourth-order valence-corrected chi connectivity index (χ4v) is 2.50. The zero-order chi connectivity index (χ0) is 11.6. The van der Waals surface area contributed by atoms with E-state index in [2.05, 4.69) is 40.9 Å². The summed E-state index contributed by atoms with van der Waals surface area (Å²) in [6.45, 7) is 9.91. The Morgan fingerprint density at radius 1 is 1.56 bits per heavy atom. The zero-order valence-electron chi connectivity index (χ0n) is 10.5. The Balaban J connectivity index is 2.21. The van der Waals surface area contributed by atoms with Crippen molar-refractivity contribution in [1.29, 1.82) is 0 Å². The number of nitrogens with one attached hydrogen (secondary N) is 1. The summed E-state index contributed by atoms with van der Waals surface area (Å²) in [5.74, 6) is 1.78. The lowest BCUT2D eigenvalue weighted by Crippen LogP contribution is -2.43. The molecular weight excluding hydrogens is 200 g/mol. The fourth-order valence-electron chi connectivity index (χ4n) is 2.50. The molecule has 16 heavy (non-hydrogen) atoms. The Morgan fingerprint density at radius 2 is 2.38 bits per heavy atom. The summed E-state index contributed by atoms with van der Waals surface area (Å²) in [4.78, 5) is 0. The number of piperidine rings is 1. The average molecular weight is 222 g/mol. The van der Waals surface area contributed by atoms with Gasteiger partial charge in [-0.05, 0) is 25.3 Å². The molecule has 1 fully saturated rings. The molecular formula is C12H22N4. The van der Waals surface area contributed by atoms with Crippen LogP contribution in [0.2, 0.25) is 0 Å². The minimum Gasteiger partial charge on any atom is -0.317 e. The summed E-state index contributed by atoms with van der Waals surface area (Å²) in [6, 6.07) is 0. The van der Waals surface area contributed by atoms with Crippen LogP contribution in [0.5, 0.6) is 0 Å². The van der Waals surface area contributed by atoms with E-state index in [1.54, 1.807) is 0 Å². The molecule has 0 amide bonds. The lowest BCUT2D eigenvalue weighted by atomic mass is 9.82. The van der Waals surface area contributed by atoms with Gasteiger partial charge < -0.3 is 9.88 Å². The highest BCUT2D eigenvalue weighted by Gasteiger charge is 2.33. The maximum absolute atomic E-state index is 4.34. The molecule has 1 N–H and O–H groups in total. The van der Waals surface area contributed by atoms with Gasteiger partial charge in [0.1, 0.15) is 12.2 Å². The van der Waals surface area contributed by atoms with Crippen LogP contribution < -0.4 is 5.32 Å². The summed E-state index contributed by atoms with van der Waals surface area (Å²) in [7, 11) is 0. The van der Waals surface area contributed by atoms with Crippen LogP contribution in [0.4, 0.5) is 0 Å². The fraction of sp³-hybridized carbons (Fsp3) is 0.833. The van der Waals surface area contributed by atoms with Crippen molar-refractivity contribution in [2.75, 3.05) is 13.1 Å². The van der Waals surface area contributed by atoms with E-state index in [9.17, 15) is 0 Å². The van der Waals surface area contributed by atoms with Gasteiger partial charge in [-0.3, -0.25) is 0 Å². The van der Waals surface area contributed by atoms with Crippen molar-refractivity contribution < 1.29 is 0 Å². The topological polar surface area (TPSA) is 42.7 Å². The van der Waals surface area contributed by atoms with Crippen LogP contribution in [-0.2, 0) is 12.0 Å². The summed E-state index contributed by atoms with van der Waals surface area (Å²) in [5, 5.41) is 11.9. The molecule has 4 nitrogen and oxygen atoms in total. The van der Waals surface area contributed by atoms with Crippen LogP contribution >= 0.6 is 0 Å². The number of hydrogen-bond donors (Lipinski definition) is 1. The molecule has 0 radical (unpaired) electrons. The van der Waals surface area contributed by atoms with Crippen molar-refractivity contribution in [2.24, 2.45) is 5.92 Å². The zero-order valence-corrected chi connectivity index (χ0v) is 10.5. The summed E-state index contributed by atoms with van der Waals surface area (Å²) < 4.78 is 2.22. The van der Waals surface area contributed by atoms with E-state index in [-0.39, 0.29) is 5.41 Å². The molecule has 2 heterocycles. The van der Waals surface area contributed by atoms with Crippen LogP contribution in [0.15, 0.2) is 6.33 Å². The molecule has 0 aliphatic carbocycles. The molecule has 1 aliphatic heterocycles. The number of nitrogens with zero attached hydrogens (tertiary/aromatic N) is 3. The molecule has 1 saturated heterocycles. The van der Waals surface area contributed by atoms with Gasteiger partial charge in [-0.15, -0.1) is 10.2 Å². The molecule has 0 bridgehead atoms. The van der Waals surface area contributed by atoms with E-state index in [1.165, 1.54) is 12.8 Å². The normalized spacial score (nSPS) is 26.2. The van der Waals surface area contributed by atoms with Gasteiger partial charge in [0.25, 0.3) is 0 Å².